The van der Waals surface area contributed by atoms with Crippen LogP contribution in [-0.2, 0) is 0 Å². The van der Waals surface area contributed by atoms with Crippen molar-refractivity contribution in [2.75, 3.05) is 29.5 Å². The molecule has 1 unspecified atom stereocenters. The number of nitrogens with one attached hydrogen (secondary N) is 2. The van der Waals surface area contributed by atoms with Crippen molar-refractivity contribution in [1.29, 1.82) is 0 Å². The first-order valence-electron chi connectivity index (χ1n) is 7.58. The molecule has 3 rings (SSSR count). The lowest BCUT2D eigenvalue weighted by Crippen LogP contribution is -2.10. The molecule has 0 aliphatic carbocycles. The molecule has 0 saturated carbocycles. The number of benzene rings is 2. The Bertz CT molecular complexity index is 649. The van der Waals surface area contributed by atoms with Crippen molar-refractivity contribution in [3.8, 4) is 0 Å². The fraction of sp³-hybridized carbons (Fsp3) is 0.333. The van der Waals surface area contributed by atoms with Gasteiger partial charge in [-0.2, -0.15) is 0 Å². The van der Waals surface area contributed by atoms with Crippen molar-refractivity contribution in [2.45, 2.75) is 26.2 Å². The van der Waals surface area contributed by atoms with E-state index in [-0.39, 0.29) is 0 Å². The first-order chi connectivity index (χ1) is 10.1. The van der Waals surface area contributed by atoms with Crippen LogP contribution in [0.1, 0.15) is 29.0 Å². The van der Waals surface area contributed by atoms with Crippen molar-refractivity contribution in [3.63, 3.8) is 0 Å². The van der Waals surface area contributed by atoms with Gasteiger partial charge in [0.1, 0.15) is 0 Å². The van der Waals surface area contributed by atoms with Gasteiger partial charge in [0, 0.05) is 36.1 Å². The Morgan fingerprint density at radius 1 is 1.19 bits per heavy atom. The molecule has 0 spiro atoms. The summed E-state index contributed by atoms with van der Waals surface area (Å²) in [5, 5.41) is 7.07. The fourth-order valence-corrected chi connectivity index (χ4v) is 3.13. The predicted molar refractivity (Wildman–Crippen MR) is 91.1 cm³/mol. The highest BCUT2D eigenvalue weighted by molar-refractivity contribution is 5.62. The number of hydrogen-bond donors (Lipinski definition) is 3. The Balaban J connectivity index is 1.61. The zero-order valence-corrected chi connectivity index (χ0v) is 12.7. The molecule has 3 heteroatoms. The molecular weight excluding hydrogens is 258 g/mol. The van der Waals surface area contributed by atoms with Gasteiger partial charge < -0.3 is 16.4 Å². The number of hydrogen-bond acceptors (Lipinski definition) is 3. The lowest BCUT2D eigenvalue weighted by atomic mass is 9.96. The molecular formula is C18H23N3. The summed E-state index contributed by atoms with van der Waals surface area (Å²) in [6.45, 7) is 6.28. The zero-order chi connectivity index (χ0) is 14.8. The van der Waals surface area contributed by atoms with Crippen LogP contribution in [0.3, 0.4) is 0 Å². The Morgan fingerprint density at radius 2 is 2.05 bits per heavy atom. The number of nitrogen functional groups attached to an aromatic ring is 1. The van der Waals surface area contributed by atoms with Crippen LogP contribution in [0, 0.1) is 13.8 Å². The lowest BCUT2D eigenvalue weighted by Gasteiger charge is -2.14. The van der Waals surface area contributed by atoms with Gasteiger partial charge in [-0.05, 0) is 55.2 Å². The van der Waals surface area contributed by atoms with Crippen LogP contribution in [-0.4, -0.2) is 13.1 Å². The summed E-state index contributed by atoms with van der Waals surface area (Å²) in [5.41, 5.74) is 13.1. The minimum absolute atomic E-state index is 0.599. The van der Waals surface area contributed by atoms with Gasteiger partial charge in [-0.25, -0.2) is 0 Å². The van der Waals surface area contributed by atoms with E-state index in [0.29, 0.717) is 5.92 Å². The minimum Gasteiger partial charge on any atom is -0.399 e. The molecule has 1 aliphatic heterocycles. The molecule has 0 saturated heterocycles. The second-order valence-electron chi connectivity index (χ2n) is 5.91. The normalized spacial score (nSPS) is 16.4. The van der Waals surface area contributed by atoms with Crippen LogP contribution < -0.4 is 16.4 Å². The molecule has 0 aromatic heterocycles. The first-order valence-corrected chi connectivity index (χ1v) is 7.58. The SMILES string of the molecule is Cc1cc(N)ccc1NCCC1CNc2c(C)cccc21. The van der Waals surface area contributed by atoms with Crippen LogP contribution in [0.2, 0.25) is 0 Å². The van der Waals surface area contributed by atoms with Crippen molar-refractivity contribution in [1.82, 2.24) is 0 Å². The third kappa shape index (κ3) is 2.82. The number of rotatable bonds is 4. The summed E-state index contributed by atoms with van der Waals surface area (Å²) >= 11 is 0. The number of nitrogens with two attached hydrogens (primary N) is 1. The monoisotopic (exact) mass is 281 g/mol. The van der Waals surface area contributed by atoms with Crippen LogP contribution >= 0.6 is 0 Å². The van der Waals surface area contributed by atoms with Crippen LogP contribution in [0.15, 0.2) is 36.4 Å². The van der Waals surface area contributed by atoms with Crippen LogP contribution in [0.25, 0.3) is 0 Å². The molecule has 0 bridgehead atoms. The highest BCUT2D eigenvalue weighted by Gasteiger charge is 2.22. The number of aryl methyl sites for hydroxylation is 2. The Kier molecular flexibility index (Phi) is 3.74. The molecule has 110 valence electrons. The summed E-state index contributed by atoms with van der Waals surface area (Å²) in [6, 6.07) is 12.6. The standard InChI is InChI=1S/C18H23N3/c1-12-4-3-5-16-14(11-21-18(12)16)8-9-20-17-7-6-15(19)10-13(17)2/h3-7,10,14,20-21H,8-9,11,19H2,1-2H3. The van der Waals surface area contributed by atoms with Crippen LogP contribution in [0.4, 0.5) is 17.1 Å². The van der Waals surface area contributed by atoms with Gasteiger partial charge >= 0.3 is 0 Å². The van der Waals surface area contributed by atoms with E-state index in [1.807, 2.05) is 12.1 Å². The van der Waals surface area contributed by atoms with E-state index in [1.165, 1.54) is 28.1 Å². The summed E-state index contributed by atoms with van der Waals surface area (Å²) in [5.74, 6) is 0.599. The van der Waals surface area contributed by atoms with Gasteiger partial charge in [-0.1, -0.05) is 18.2 Å². The summed E-state index contributed by atoms with van der Waals surface area (Å²) in [7, 11) is 0. The van der Waals surface area contributed by atoms with E-state index >= 15 is 0 Å². The van der Waals surface area contributed by atoms with Crippen molar-refractivity contribution in [2.24, 2.45) is 0 Å². The molecule has 2 aromatic carbocycles. The highest BCUT2D eigenvalue weighted by Crippen LogP contribution is 2.35. The summed E-state index contributed by atoms with van der Waals surface area (Å²) < 4.78 is 0. The van der Waals surface area contributed by atoms with Gasteiger partial charge in [-0.3, -0.25) is 0 Å². The second kappa shape index (κ2) is 5.68. The molecule has 1 atom stereocenters. The Labute approximate surface area is 126 Å². The zero-order valence-electron chi connectivity index (χ0n) is 12.7. The lowest BCUT2D eigenvalue weighted by molar-refractivity contribution is 0.701. The van der Waals surface area contributed by atoms with E-state index < -0.39 is 0 Å². The molecule has 4 N–H and O–H groups in total. The Hall–Kier alpha value is -2.16. The molecule has 0 radical (unpaired) electrons. The Morgan fingerprint density at radius 3 is 2.86 bits per heavy atom. The largest absolute Gasteiger partial charge is 0.399 e. The topological polar surface area (TPSA) is 50.1 Å². The maximum atomic E-state index is 5.79. The first kappa shape index (κ1) is 13.8. The average molecular weight is 281 g/mol. The molecule has 3 nitrogen and oxygen atoms in total. The highest BCUT2D eigenvalue weighted by atomic mass is 14.9. The predicted octanol–water partition coefficient (Wildman–Crippen LogP) is 3.90. The number of anilines is 3. The van der Waals surface area contributed by atoms with Gasteiger partial charge in [0.15, 0.2) is 0 Å². The van der Waals surface area contributed by atoms with E-state index in [2.05, 4.69) is 48.7 Å². The molecule has 0 amide bonds. The summed E-state index contributed by atoms with van der Waals surface area (Å²) in [4.78, 5) is 0. The maximum Gasteiger partial charge on any atom is 0.0406 e. The second-order valence-corrected chi connectivity index (χ2v) is 5.91. The third-order valence-electron chi connectivity index (χ3n) is 4.33. The number of para-hydroxylation sites is 1. The van der Waals surface area contributed by atoms with E-state index in [1.54, 1.807) is 0 Å². The van der Waals surface area contributed by atoms with Gasteiger partial charge in [0.05, 0.1) is 0 Å². The van der Waals surface area contributed by atoms with Gasteiger partial charge in [0.25, 0.3) is 0 Å². The minimum atomic E-state index is 0.599. The van der Waals surface area contributed by atoms with Crippen molar-refractivity contribution >= 4 is 17.1 Å². The van der Waals surface area contributed by atoms with Crippen molar-refractivity contribution < 1.29 is 0 Å². The van der Waals surface area contributed by atoms with Crippen molar-refractivity contribution in [3.05, 3.63) is 53.1 Å². The molecule has 0 fully saturated rings. The smallest absolute Gasteiger partial charge is 0.0406 e. The molecule has 2 aromatic rings. The molecule has 1 aliphatic rings. The van der Waals surface area contributed by atoms with E-state index in [0.717, 1.165) is 25.2 Å². The van der Waals surface area contributed by atoms with E-state index in [4.69, 9.17) is 5.73 Å². The third-order valence-corrected chi connectivity index (χ3v) is 4.33. The molecule has 1 heterocycles. The van der Waals surface area contributed by atoms with E-state index in [9.17, 15) is 0 Å². The summed E-state index contributed by atoms with van der Waals surface area (Å²) in [6.07, 6.45) is 1.13. The quantitative estimate of drug-likeness (QED) is 0.745. The molecule has 21 heavy (non-hydrogen) atoms. The van der Waals surface area contributed by atoms with Crippen LogP contribution in [0.5, 0.6) is 0 Å². The maximum absolute atomic E-state index is 5.79. The fourth-order valence-electron chi connectivity index (χ4n) is 3.13. The van der Waals surface area contributed by atoms with Gasteiger partial charge in [-0.15, -0.1) is 0 Å². The van der Waals surface area contributed by atoms with Gasteiger partial charge in [0.2, 0.25) is 0 Å². The average Bonchev–Trinajstić information content (AvgIpc) is 2.86. The number of fused-ring (bicyclic) bond motifs is 1.